The SMILES string of the molecule is O=CC1(CN2CCC(n3cc(-c4cnc5cn[nH]c5c4)cn3)CC2)CCCCC1. The summed E-state index contributed by atoms with van der Waals surface area (Å²) < 4.78 is 2.11. The number of carbonyl (C=O) groups excluding carboxylic acids is 1. The highest BCUT2D eigenvalue weighted by atomic mass is 16.1. The van der Waals surface area contributed by atoms with Crippen molar-refractivity contribution < 1.29 is 4.79 Å². The molecule has 7 nitrogen and oxygen atoms in total. The Morgan fingerprint density at radius 2 is 1.93 bits per heavy atom. The highest BCUT2D eigenvalue weighted by Gasteiger charge is 2.35. The molecule has 0 radical (unpaired) electrons. The van der Waals surface area contributed by atoms with Crippen molar-refractivity contribution >= 4 is 17.3 Å². The van der Waals surface area contributed by atoms with Crippen molar-refractivity contribution in [3.05, 3.63) is 30.9 Å². The topological polar surface area (TPSA) is 79.7 Å². The van der Waals surface area contributed by atoms with Gasteiger partial charge in [0.2, 0.25) is 0 Å². The van der Waals surface area contributed by atoms with E-state index < -0.39 is 0 Å². The van der Waals surface area contributed by atoms with Crippen molar-refractivity contribution in [2.24, 2.45) is 5.41 Å². The van der Waals surface area contributed by atoms with E-state index >= 15 is 0 Å². The molecule has 1 saturated heterocycles. The van der Waals surface area contributed by atoms with Crippen molar-refractivity contribution in [3.8, 4) is 11.1 Å². The summed E-state index contributed by atoms with van der Waals surface area (Å²) >= 11 is 0. The maximum atomic E-state index is 11.8. The van der Waals surface area contributed by atoms with Crippen molar-refractivity contribution in [3.63, 3.8) is 0 Å². The van der Waals surface area contributed by atoms with Crippen molar-refractivity contribution in [2.45, 2.75) is 51.0 Å². The van der Waals surface area contributed by atoms with Crippen LogP contribution in [0.1, 0.15) is 51.0 Å². The van der Waals surface area contributed by atoms with Crippen LogP contribution in [0.4, 0.5) is 0 Å². The number of H-pyrrole nitrogens is 1. The molecule has 1 N–H and O–H groups in total. The largest absolute Gasteiger partial charge is 0.303 e. The molecule has 0 aromatic carbocycles. The molecule has 0 amide bonds. The van der Waals surface area contributed by atoms with Crippen molar-refractivity contribution in [1.29, 1.82) is 0 Å². The van der Waals surface area contributed by atoms with E-state index in [0.29, 0.717) is 6.04 Å². The van der Waals surface area contributed by atoms with Gasteiger partial charge in [-0.3, -0.25) is 14.8 Å². The molecular formula is C22H28N6O. The summed E-state index contributed by atoms with van der Waals surface area (Å²) in [4.78, 5) is 18.7. The van der Waals surface area contributed by atoms with Crippen LogP contribution >= 0.6 is 0 Å². The molecule has 2 fully saturated rings. The van der Waals surface area contributed by atoms with Crippen LogP contribution in [0.15, 0.2) is 30.9 Å². The van der Waals surface area contributed by atoms with E-state index in [-0.39, 0.29) is 5.41 Å². The molecule has 0 atom stereocenters. The zero-order valence-electron chi connectivity index (χ0n) is 16.8. The number of aromatic nitrogens is 5. The van der Waals surface area contributed by atoms with Crippen LogP contribution in [0.25, 0.3) is 22.2 Å². The summed E-state index contributed by atoms with van der Waals surface area (Å²) in [5.41, 5.74) is 3.85. The third kappa shape index (κ3) is 3.71. The van der Waals surface area contributed by atoms with Gasteiger partial charge in [0.25, 0.3) is 0 Å². The molecule has 5 rings (SSSR count). The first-order valence-corrected chi connectivity index (χ1v) is 10.8. The van der Waals surface area contributed by atoms with Crippen LogP contribution in [0, 0.1) is 5.41 Å². The van der Waals surface area contributed by atoms with E-state index in [2.05, 4.69) is 42.1 Å². The van der Waals surface area contributed by atoms with Crippen LogP contribution in [0.5, 0.6) is 0 Å². The van der Waals surface area contributed by atoms with Crippen molar-refractivity contribution in [1.82, 2.24) is 29.9 Å². The molecule has 0 spiro atoms. The Morgan fingerprint density at radius 3 is 2.72 bits per heavy atom. The number of nitrogens with zero attached hydrogens (tertiary/aromatic N) is 5. The molecule has 3 aromatic heterocycles. The van der Waals surface area contributed by atoms with Crippen molar-refractivity contribution in [2.75, 3.05) is 19.6 Å². The summed E-state index contributed by atoms with van der Waals surface area (Å²) in [7, 11) is 0. The number of hydrogen-bond acceptors (Lipinski definition) is 5. The molecule has 7 heteroatoms. The van der Waals surface area contributed by atoms with E-state index in [1.807, 2.05) is 12.4 Å². The Morgan fingerprint density at radius 1 is 1.10 bits per heavy atom. The van der Waals surface area contributed by atoms with Gasteiger partial charge in [-0.1, -0.05) is 19.3 Å². The lowest BCUT2D eigenvalue weighted by Gasteiger charge is -2.40. The van der Waals surface area contributed by atoms with Gasteiger partial charge in [0, 0.05) is 48.6 Å². The number of fused-ring (bicyclic) bond motifs is 1. The maximum absolute atomic E-state index is 11.8. The molecule has 152 valence electrons. The maximum Gasteiger partial charge on any atom is 0.127 e. The average Bonchev–Trinajstić information content (AvgIpc) is 3.44. The third-order valence-corrected chi connectivity index (χ3v) is 6.79. The Hall–Kier alpha value is -2.54. The van der Waals surface area contributed by atoms with Gasteiger partial charge in [0.05, 0.1) is 24.0 Å². The van der Waals surface area contributed by atoms with Gasteiger partial charge in [-0.2, -0.15) is 10.2 Å². The van der Waals surface area contributed by atoms with E-state index in [4.69, 9.17) is 0 Å². The lowest BCUT2D eigenvalue weighted by molar-refractivity contribution is -0.119. The quantitative estimate of drug-likeness (QED) is 0.671. The summed E-state index contributed by atoms with van der Waals surface area (Å²) in [6, 6.07) is 2.49. The lowest BCUT2D eigenvalue weighted by Crippen LogP contribution is -2.44. The monoisotopic (exact) mass is 392 g/mol. The molecule has 1 aliphatic heterocycles. The number of pyridine rings is 1. The molecule has 4 heterocycles. The van der Waals surface area contributed by atoms with Crippen LogP contribution in [0.3, 0.4) is 0 Å². The number of hydrogen-bond donors (Lipinski definition) is 1. The van der Waals surface area contributed by atoms with Gasteiger partial charge in [-0.05, 0) is 31.7 Å². The summed E-state index contributed by atoms with van der Waals surface area (Å²) in [6.07, 6.45) is 16.9. The number of aldehydes is 1. The van der Waals surface area contributed by atoms with Gasteiger partial charge < -0.3 is 9.69 Å². The number of rotatable bonds is 5. The Bertz CT molecular complexity index is 978. The second kappa shape index (κ2) is 7.71. The van der Waals surface area contributed by atoms with E-state index in [1.165, 1.54) is 25.5 Å². The van der Waals surface area contributed by atoms with Gasteiger partial charge >= 0.3 is 0 Å². The highest BCUT2D eigenvalue weighted by Crippen LogP contribution is 2.36. The van der Waals surface area contributed by atoms with E-state index in [9.17, 15) is 4.79 Å². The second-order valence-corrected chi connectivity index (χ2v) is 8.78. The van der Waals surface area contributed by atoms with E-state index in [0.717, 1.165) is 67.5 Å². The Labute approximate surface area is 170 Å². The molecule has 3 aromatic rings. The third-order valence-electron chi connectivity index (χ3n) is 6.79. The number of likely N-dealkylation sites (tertiary alicyclic amines) is 1. The van der Waals surface area contributed by atoms with Crippen LogP contribution in [0.2, 0.25) is 0 Å². The summed E-state index contributed by atoms with van der Waals surface area (Å²) in [5, 5.41) is 11.7. The molecule has 1 saturated carbocycles. The fourth-order valence-corrected chi connectivity index (χ4v) is 5.03. The zero-order chi connectivity index (χ0) is 19.7. The number of nitrogens with one attached hydrogen (secondary N) is 1. The average molecular weight is 393 g/mol. The molecular weight excluding hydrogens is 364 g/mol. The van der Waals surface area contributed by atoms with Gasteiger partial charge in [0.1, 0.15) is 11.8 Å². The Balaban J connectivity index is 1.23. The second-order valence-electron chi connectivity index (χ2n) is 8.78. The first kappa shape index (κ1) is 18.5. The highest BCUT2D eigenvalue weighted by molar-refractivity contribution is 5.79. The lowest BCUT2D eigenvalue weighted by atomic mass is 9.74. The molecule has 29 heavy (non-hydrogen) atoms. The molecule has 0 unspecified atom stereocenters. The van der Waals surface area contributed by atoms with Gasteiger partial charge in [-0.25, -0.2) is 0 Å². The standard InChI is InChI=1S/C22H28N6O/c29-16-22(6-2-1-3-7-22)15-27-8-4-19(5-9-27)28-14-18(12-25-28)17-10-20-21(23-11-17)13-24-26-20/h10-14,16,19H,1-9,15H2,(H,24,26). The van der Waals surface area contributed by atoms with E-state index in [1.54, 1.807) is 6.20 Å². The Kier molecular flexibility index (Phi) is 4.91. The predicted octanol–water partition coefficient (Wildman–Crippen LogP) is 3.61. The fourth-order valence-electron chi connectivity index (χ4n) is 5.03. The first-order chi connectivity index (χ1) is 14.2. The summed E-state index contributed by atoms with van der Waals surface area (Å²) in [5.74, 6) is 0. The molecule has 1 aliphatic carbocycles. The minimum Gasteiger partial charge on any atom is -0.303 e. The minimum absolute atomic E-state index is 0.0950. The number of aromatic amines is 1. The van der Waals surface area contributed by atoms with Gasteiger partial charge in [-0.15, -0.1) is 0 Å². The van der Waals surface area contributed by atoms with Crippen LogP contribution in [-0.4, -0.2) is 55.8 Å². The van der Waals surface area contributed by atoms with Gasteiger partial charge in [0.15, 0.2) is 0 Å². The number of carbonyl (C=O) groups is 1. The smallest absolute Gasteiger partial charge is 0.127 e. The molecule has 2 aliphatic rings. The molecule has 0 bridgehead atoms. The zero-order valence-corrected chi connectivity index (χ0v) is 16.8. The predicted molar refractivity (Wildman–Crippen MR) is 111 cm³/mol. The van der Waals surface area contributed by atoms with Crippen LogP contribution in [-0.2, 0) is 4.79 Å². The number of piperidine rings is 1. The van der Waals surface area contributed by atoms with Crippen LogP contribution < -0.4 is 0 Å². The normalized spacial score (nSPS) is 20.8. The first-order valence-electron chi connectivity index (χ1n) is 10.8. The minimum atomic E-state index is -0.0950. The summed E-state index contributed by atoms with van der Waals surface area (Å²) in [6.45, 7) is 3.01. The fraction of sp³-hybridized carbons (Fsp3) is 0.545.